The topological polar surface area (TPSA) is 29.3 Å². The summed E-state index contributed by atoms with van der Waals surface area (Å²) in [6.45, 7) is 9.02. The van der Waals surface area contributed by atoms with Gasteiger partial charge in [0.05, 0.1) is 0 Å². The minimum Gasteiger partial charge on any atom is -0.330 e. The molecule has 0 aromatic heterocycles. The van der Waals surface area contributed by atoms with E-state index in [4.69, 9.17) is 5.73 Å². The Morgan fingerprint density at radius 1 is 1.18 bits per heavy atom. The Bertz CT molecular complexity index is 336. The zero-order valence-corrected chi connectivity index (χ0v) is 11.0. The number of hydrogen-bond donors (Lipinski definition) is 1. The van der Waals surface area contributed by atoms with Crippen molar-refractivity contribution in [3.05, 3.63) is 35.4 Å². The molecule has 0 amide bonds. The summed E-state index contributed by atoms with van der Waals surface area (Å²) in [4.78, 5) is 2.53. The minimum atomic E-state index is 0.738. The minimum absolute atomic E-state index is 0.738. The normalized spacial score (nSPS) is 17.4. The molecule has 2 nitrogen and oxygen atoms in total. The molecule has 0 radical (unpaired) electrons. The van der Waals surface area contributed by atoms with E-state index < -0.39 is 0 Å². The third-order valence-corrected chi connectivity index (χ3v) is 3.79. The van der Waals surface area contributed by atoms with Gasteiger partial charge in [-0.2, -0.15) is 0 Å². The SMILES string of the molecule is CC(C)C1CN(Cc2ccc(CCN)cc2)C1. The van der Waals surface area contributed by atoms with Crippen LogP contribution in [0.4, 0.5) is 0 Å². The lowest BCUT2D eigenvalue weighted by molar-refractivity contribution is 0.0614. The van der Waals surface area contributed by atoms with Crippen molar-refractivity contribution in [2.45, 2.75) is 26.8 Å². The van der Waals surface area contributed by atoms with Gasteiger partial charge in [0.25, 0.3) is 0 Å². The van der Waals surface area contributed by atoms with E-state index in [-0.39, 0.29) is 0 Å². The maximum atomic E-state index is 5.55. The molecule has 1 heterocycles. The number of hydrogen-bond acceptors (Lipinski definition) is 2. The first-order valence-corrected chi connectivity index (χ1v) is 6.69. The number of nitrogens with two attached hydrogens (primary N) is 1. The van der Waals surface area contributed by atoms with Crippen LogP contribution in [0.25, 0.3) is 0 Å². The van der Waals surface area contributed by atoms with Gasteiger partial charge in [-0.25, -0.2) is 0 Å². The number of likely N-dealkylation sites (tertiary alicyclic amines) is 1. The zero-order valence-electron chi connectivity index (χ0n) is 11.0. The second kappa shape index (κ2) is 5.65. The molecule has 2 rings (SSSR count). The van der Waals surface area contributed by atoms with E-state index in [9.17, 15) is 0 Å². The summed E-state index contributed by atoms with van der Waals surface area (Å²) >= 11 is 0. The molecule has 94 valence electrons. The zero-order chi connectivity index (χ0) is 12.3. The van der Waals surface area contributed by atoms with Crippen molar-refractivity contribution in [1.82, 2.24) is 4.90 Å². The van der Waals surface area contributed by atoms with E-state index in [2.05, 4.69) is 43.0 Å². The summed E-state index contributed by atoms with van der Waals surface area (Å²) < 4.78 is 0. The molecule has 0 atom stereocenters. The second-order valence-electron chi connectivity index (χ2n) is 5.55. The Labute approximate surface area is 105 Å². The van der Waals surface area contributed by atoms with Gasteiger partial charge >= 0.3 is 0 Å². The van der Waals surface area contributed by atoms with Crippen LogP contribution in [0.1, 0.15) is 25.0 Å². The molecule has 2 heteroatoms. The Balaban J connectivity index is 1.80. The van der Waals surface area contributed by atoms with Gasteiger partial charge in [0.2, 0.25) is 0 Å². The molecule has 1 fully saturated rings. The van der Waals surface area contributed by atoms with Gasteiger partial charge in [-0.3, -0.25) is 4.90 Å². The van der Waals surface area contributed by atoms with Gasteiger partial charge in [-0.1, -0.05) is 38.1 Å². The quantitative estimate of drug-likeness (QED) is 0.844. The molecule has 1 saturated heterocycles. The summed E-state index contributed by atoms with van der Waals surface area (Å²) in [7, 11) is 0. The molecule has 2 N–H and O–H groups in total. The molecule has 0 unspecified atom stereocenters. The lowest BCUT2D eigenvalue weighted by atomic mass is 9.88. The van der Waals surface area contributed by atoms with Crippen LogP contribution in [0.2, 0.25) is 0 Å². The van der Waals surface area contributed by atoms with Crippen molar-refractivity contribution in [3.8, 4) is 0 Å². The van der Waals surface area contributed by atoms with E-state index in [1.165, 1.54) is 24.2 Å². The Morgan fingerprint density at radius 3 is 2.29 bits per heavy atom. The number of benzene rings is 1. The first-order chi connectivity index (χ1) is 8.19. The van der Waals surface area contributed by atoms with Crippen LogP contribution >= 0.6 is 0 Å². The summed E-state index contributed by atoms with van der Waals surface area (Å²) in [5.74, 6) is 1.74. The molecule has 0 bridgehead atoms. The molecule has 17 heavy (non-hydrogen) atoms. The average molecular weight is 232 g/mol. The molecule has 0 saturated carbocycles. The van der Waals surface area contributed by atoms with E-state index in [1.54, 1.807) is 0 Å². The lowest BCUT2D eigenvalue weighted by Crippen LogP contribution is -2.48. The molecule has 1 aromatic rings. The van der Waals surface area contributed by atoms with Crippen molar-refractivity contribution < 1.29 is 0 Å². The third-order valence-electron chi connectivity index (χ3n) is 3.79. The van der Waals surface area contributed by atoms with Gasteiger partial charge in [-0.15, -0.1) is 0 Å². The Morgan fingerprint density at radius 2 is 1.76 bits per heavy atom. The summed E-state index contributed by atoms with van der Waals surface area (Å²) in [5, 5.41) is 0. The van der Waals surface area contributed by atoms with Crippen molar-refractivity contribution >= 4 is 0 Å². The monoisotopic (exact) mass is 232 g/mol. The highest BCUT2D eigenvalue weighted by Gasteiger charge is 2.28. The van der Waals surface area contributed by atoms with Crippen molar-refractivity contribution in [3.63, 3.8) is 0 Å². The highest BCUT2D eigenvalue weighted by atomic mass is 15.2. The van der Waals surface area contributed by atoms with Crippen molar-refractivity contribution in [1.29, 1.82) is 0 Å². The molecule has 1 aliphatic heterocycles. The van der Waals surface area contributed by atoms with Crippen LogP contribution in [0.15, 0.2) is 24.3 Å². The fourth-order valence-corrected chi connectivity index (χ4v) is 2.40. The van der Waals surface area contributed by atoms with Crippen LogP contribution in [0, 0.1) is 11.8 Å². The Hall–Kier alpha value is -0.860. The lowest BCUT2D eigenvalue weighted by Gasteiger charge is -2.41. The van der Waals surface area contributed by atoms with Crippen LogP contribution < -0.4 is 5.73 Å². The Kier molecular flexibility index (Phi) is 4.19. The first kappa shape index (κ1) is 12.6. The maximum absolute atomic E-state index is 5.55. The van der Waals surface area contributed by atoms with Gasteiger partial charge in [0, 0.05) is 19.6 Å². The maximum Gasteiger partial charge on any atom is 0.0233 e. The molecule has 0 spiro atoms. The van der Waals surface area contributed by atoms with Gasteiger partial charge < -0.3 is 5.73 Å². The van der Waals surface area contributed by atoms with E-state index in [1.807, 2.05) is 0 Å². The summed E-state index contributed by atoms with van der Waals surface area (Å²) in [6, 6.07) is 8.91. The predicted molar refractivity (Wildman–Crippen MR) is 72.8 cm³/mol. The van der Waals surface area contributed by atoms with Crippen molar-refractivity contribution in [2.24, 2.45) is 17.6 Å². The van der Waals surface area contributed by atoms with Crippen molar-refractivity contribution in [2.75, 3.05) is 19.6 Å². The van der Waals surface area contributed by atoms with Crippen LogP contribution in [0.3, 0.4) is 0 Å². The molecule has 1 aliphatic rings. The standard InChI is InChI=1S/C15H24N2/c1-12(2)15-10-17(11-15)9-14-5-3-13(4-6-14)7-8-16/h3-6,12,15H,7-11,16H2,1-2H3. The van der Waals surface area contributed by atoms with E-state index in [0.717, 1.165) is 31.3 Å². The largest absolute Gasteiger partial charge is 0.330 e. The number of nitrogens with zero attached hydrogens (tertiary/aromatic N) is 1. The molecular formula is C15H24N2. The van der Waals surface area contributed by atoms with Crippen LogP contribution in [0.5, 0.6) is 0 Å². The third kappa shape index (κ3) is 3.30. The first-order valence-electron chi connectivity index (χ1n) is 6.69. The van der Waals surface area contributed by atoms with Gasteiger partial charge in [0.1, 0.15) is 0 Å². The second-order valence-corrected chi connectivity index (χ2v) is 5.55. The fraction of sp³-hybridized carbons (Fsp3) is 0.600. The highest BCUT2D eigenvalue weighted by Crippen LogP contribution is 2.24. The summed E-state index contributed by atoms with van der Waals surface area (Å²) in [6.07, 6.45) is 0.986. The molecular weight excluding hydrogens is 208 g/mol. The van der Waals surface area contributed by atoms with E-state index >= 15 is 0 Å². The summed E-state index contributed by atoms with van der Waals surface area (Å²) in [5.41, 5.74) is 8.32. The van der Waals surface area contributed by atoms with Crippen LogP contribution in [-0.4, -0.2) is 24.5 Å². The molecule has 0 aliphatic carbocycles. The van der Waals surface area contributed by atoms with E-state index in [0.29, 0.717) is 0 Å². The predicted octanol–water partition coefficient (Wildman–Crippen LogP) is 2.28. The molecule has 1 aromatic carbocycles. The fourth-order valence-electron chi connectivity index (χ4n) is 2.40. The van der Waals surface area contributed by atoms with Crippen LogP contribution in [-0.2, 0) is 13.0 Å². The van der Waals surface area contributed by atoms with Gasteiger partial charge in [-0.05, 0) is 35.9 Å². The smallest absolute Gasteiger partial charge is 0.0233 e. The number of rotatable bonds is 5. The highest BCUT2D eigenvalue weighted by molar-refractivity contribution is 5.23. The van der Waals surface area contributed by atoms with Gasteiger partial charge in [0.15, 0.2) is 0 Å². The average Bonchev–Trinajstić information content (AvgIpc) is 2.25.